The molecule has 8 heteroatoms. The summed E-state index contributed by atoms with van der Waals surface area (Å²) in [6.07, 6.45) is 6.60. The summed E-state index contributed by atoms with van der Waals surface area (Å²) in [6.45, 7) is 1.74. The maximum absolute atomic E-state index is 13.6. The number of rotatable bonds is 3. The number of carbonyl (C=O) groups is 1. The Kier molecular flexibility index (Phi) is 4.18. The van der Waals surface area contributed by atoms with E-state index in [1.54, 1.807) is 6.20 Å². The highest BCUT2D eigenvalue weighted by molar-refractivity contribution is 5.91. The lowest BCUT2D eigenvalue weighted by atomic mass is 10.1. The predicted octanol–water partition coefficient (Wildman–Crippen LogP) is 2.49. The van der Waals surface area contributed by atoms with E-state index in [-0.39, 0.29) is 11.9 Å². The van der Waals surface area contributed by atoms with Gasteiger partial charge in [0.05, 0.1) is 29.8 Å². The fourth-order valence-corrected chi connectivity index (χ4v) is 4.02. The van der Waals surface area contributed by atoms with Crippen LogP contribution in [0.2, 0.25) is 0 Å². The van der Waals surface area contributed by atoms with Crippen molar-refractivity contribution in [2.45, 2.75) is 31.5 Å². The minimum Gasteiger partial charge on any atom is -0.356 e. The Balaban J connectivity index is 1.51. The highest BCUT2D eigenvalue weighted by atomic mass is 19.1. The van der Waals surface area contributed by atoms with Crippen LogP contribution in [0.25, 0.3) is 22.2 Å². The Bertz CT molecular complexity index is 1030. The standard InChI is InChI=1S/C20H21FN6O/c21-14-5-8-26(12-14)18-2-1-17-20(25-18)16(4-7-22-17)13-10-24-27(11-13)15-3-6-23-19(28)9-15/h1-2,4,7,10-11,14-15H,3,5-6,8-9,12H2,(H,23,28). The SMILES string of the molecule is O=C1CC(n2cc(-c3ccnc4ccc(N5CCC(F)C5)nc34)cn2)CCN1. The van der Waals surface area contributed by atoms with Gasteiger partial charge in [0, 0.05) is 43.0 Å². The van der Waals surface area contributed by atoms with Gasteiger partial charge in [-0.3, -0.25) is 14.5 Å². The first kappa shape index (κ1) is 17.1. The molecule has 2 fully saturated rings. The quantitative estimate of drug-likeness (QED) is 0.756. The third kappa shape index (κ3) is 3.08. The van der Waals surface area contributed by atoms with Crippen molar-refractivity contribution in [3.8, 4) is 11.1 Å². The third-order valence-electron chi connectivity index (χ3n) is 5.53. The lowest BCUT2D eigenvalue weighted by Gasteiger charge is -2.22. The molecule has 0 aromatic carbocycles. The van der Waals surface area contributed by atoms with Gasteiger partial charge in [0.1, 0.15) is 12.0 Å². The van der Waals surface area contributed by atoms with Crippen molar-refractivity contribution >= 4 is 22.8 Å². The van der Waals surface area contributed by atoms with Gasteiger partial charge in [-0.25, -0.2) is 9.37 Å². The number of alkyl halides is 1. The largest absolute Gasteiger partial charge is 0.356 e. The number of amides is 1. The first-order chi connectivity index (χ1) is 13.7. The Hall–Kier alpha value is -3.03. The number of pyridine rings is 2. The number of halogens is 1. The number of carbonyl (C=O) groups excluding carboxylic acids is 1. The van der Waals surface area contributed by atoms with Gasteiger partial charge in [-0.2, -0.15) is 5.10 Å². The number of hydrogen-bond acceptors (Lipinski definition) is 5. The molecule has 2 saturated heterocycles. The molecule has 3 aromatic heterocycles. The molecule has 0 aliphatic carbocycles. The zero-order valence-electron chi connectivity index (χ0n) is 15.4. The molecule has 28 heavy (non-hydrogen) atoms. The molecule has 2 unspecified atom stereocenters. The van der Waals surface area contributed by atoms with Crippen LogP contribution >= 0.6 is 0 Å². The van der Waals surface area contributed by atoms with E-state index in [1.165, 1.54) is 0 Å². The number of nitrogens with one attached hydrogen (secondary N) is 1. The molecule has 0 radical (unpaired) electrons. The Morgan fingerprint density at radius 3 is 2.96 bits per heavy atom. The maximum atomic E-state index is 13.6. The minimum atomic E-state index is -0.795. The van der Waals surface area contributed by atoms with Gasteiger partial charge < -0.3 is 10.2 Å². The molecule has 2 aliphatic heterocycles. The van der Waals surface area contributed by atoms with Crippen LogP contribution < -0.4 is 10.2 Å². The van der Waals surface area contributed by atoms with Crippen LogP contribution in [-0.4, -0.2) is 51.5 Å². The van der Waals surface area contributed by atoms with E-state index in [1.807, 2.05) is 40.2 Å². The van der Waals surface area contributed by atoms with E-state index < -0.39 is 6.17 Å². The molecule has 1 N–H and O–H groups in total. The molecular weight excluding hydrogens is 359 g/mol. The highest BCUT2D eigenvalue weighted by Crippen LogP contribution is 2.30. The van der Waals surface area contributed by atoms with Crippen LogP contribution in [0, 0.1) is 0 Å². The van der Waals surface area contributed by atoms with Gasteiger partial charge in [-0.1, -0.05) is 0 Å². The monoisotopic (exact) mass is 380 g/mol. The molecule has 0 bridgehead atoms. The summed E-state index contributed by atoms with van der Waals surface area (Å²) < 4.78 is 15.5. The molecule has 1 amide bonds. The maximum Gasteiger partial charge on any atom is 0.222 e. The molecule has 0 saturated carbocycles. The summed E-state index contributed by atoms with van der Waals surface area (Å²) in [6, 6.07) is 5.84. The van der Waals surface area contributed by atoms with Crippen molar-refractivity contribution in [2.24, 2.45) is 0 Å². The smallest absolute Gasteiger partial charge is 0.222 e. The van der Waals surface area contributed by atoms with Gasteiger partial charge in [-0.05, 0) is 31.0 Å². The molecule has 0 spiro atoms. The zero-order chi connectivity index (χ0) is 19.1. The van der Waals surface area contributed by atoms with Crippen molar-refractivity contribution in [1.29, 1.82) is 0 Å². The van der Waals surface area contributed by atoms with E-state index in [9.17, 15) is 9.18 Å². The van der Waals surface area contributed by atoms with E-state index in [0.29, 0.717) is 32.5 Å². The number of aromatic nitrogens is 4. The zero-order valence-corrected chi connectivity index (χ0v) is 15.4. The van der Waals surface area contributed by atoms with Crippen LogP contribution in [0.4, 0.5) is 10.2 Å². The summed E-state index contributed by atoms with van der Waals surface area (Å²) in [4.78, 5) is 22.9. The van der Waals surface area contributed by atoms with E-state index in [0.717, 1.165) is 34.4 Å². The van der Waals surface area contributed by atoms with E-state index >= 15 is 0 Å². The number of fused-ring (bicyclic) bond motifs is 1. The summed E-state index contributed by atoms with van der Waals surface area (Å²) in [5, 5.41) is 7.35. The molecule has 5 rings (SSSR count). The van der Waals surface area contributed by atoms with Crippen LogP contribution in [0.1, 0.15) is 25.3 Å². The second kappa shape index (κ2) is 6.85. The van der Waals surface area contributed by atoms with Crippen molar-refractivity contribution < 1.29 is 9.18 Å². The first-order valence-electron chi connectivity index (χ1n) is 9.63. The van der Waals surface area contributed by atoms with Crippen LogP contribution in [0.15, 0.2) is 36.8 Å². The first-order valence-corrected chi connectivity index (χ1v) is 9.63. The number of hydrogen-bond donors (Lipinski definition) is 1. The third-order valence-corrected chi connectivity index (χ3v) is 5.53. The minimum absolute atomic E-state index is 0.0609. The average molecular weight is 380 g/mol. The number of piperidine rings is 1. The molecule has 2 atom stereocenters. The van der Waals surface area contributed by atoms with Crippen LogP contribution in [0.3, 0.4) is 0 Å². The predicted molar refractivity (Wildman–Crippen MR) is 104 cm³/mol. The topological polar surface area (TPSA) is 75.9 Å². The normalized spacial score (nSPS) is 22.6. The van der Waals surface area contributed by atoms with Crippen LogP contribution in [-0.2, 0) is 4.79 Å². The Morgan fingerprint density at radius 1 is 1.21 bits per heavy atom. The van der Waals surface area contributed by atoms with Crippen molar-refractivity contribution in [2.75, 3.05) is 24.5 Å². The van der Waals surface area contributed by atoms with E-state index in [2.05, 4.69) is 15.4 Å². The van der Waals surface area contributed by atoms with Gasteiger partial charge >= 0.3 is 0 Å². The Morgan fingerprint density at radius 2 is 2.14 bits per heavy atom. The van der Waals surface area contributed by atoms with Crippen molar-refractivity contribution in [3.63, 3.8) is 0 Å². The van der Waals surface area contributed by atoms with Crippen molar-refractivity contribution in [1.82, 2.24) is 25.1 Å². The molecule has 3 aromatic rings. The number of anilines is 1. The van der Waals surface area contributed by atoms with Gasteiger partial charge in [0.15, 0.2) is 0 Å². The molecule has 144 valence electrons. The summed E-state index contributed by atoms with van der Waals surface area (Å²) in [5.41, 5.74) is 3.45. The summed E-state index contributed by atoms with van der Waals surface area (Å²) in [5.74, 6) is 0.837. The fourth-order valence-electron chi connectivity index (χ4n) is 4.02. The molecule has 2 aliphatic rings. The summed E-state index contributed by atoms with van der Waals surface area (Å²) in [7, 11) is 0. The molecule has 5 heterocycles. The Labute approximate surface area is 161 Å². The van der Waals surface area contributed by atoms with Gasteiger partial charge in [0.25, 0.3) is 0 Å². The average Bonchev–Trinajstić information content (AvgIpc) is 3.36. The van der Waals surface area contributed by atoms with Crippen molar-refractivity contribution in [3.05, 3.63) is 36.8 Å². The fraction of sp³-hybridized carbons (Fsp3) is 0.400. The van der Waals surface area contributed by atoms with Gasteiger partial charge in [0.2, 0.25) is 5.91 Å². The lowest BCUT2D eigenvalue weighted by Crippen LogP contribution is -2.34. The van der Waals surface area contributed by atoms with Crippen LogP contribution in [0.5, 0.6) is 0 Å². The molecular formula is C20H21FN6O. The highest BCUT2D eigenvalue weighted by Gasteiger charge is 2.24. The number of nitrogens with zero attached hydrogens (tertiary/aromatic N) is 5. The molecule has 7 nitrogen and oxygen atoms in total. The summed E-state index contributed by atoms with van der Waals surface area (Å²) >= 11 is 0. The van der Waals surface area contributed by atoms with Gasteiger partial charge in [-0.15, -0.1) is 0 Å². The second-order valence-corrected chi connectivity index (χ2v) is 7.43. The lowest BCUT2D eigenvalue weighted by molar-refractivity contribution is -0.123. The van der Waals surface area contributed by atoms with E-state index in [4.69, 9.17) is 4.98 Å². The second-order valence-electron chi connectivity index (χ2n) is 7.43.